The summed E-state index contributed by atoms with van der Waals surface area (Å²) in [4.78, 5) is 15.5. The van der Waals surface area contributed by atoms with Gasteiger partial charge in [-0.15, -0.1) is 11.3 Å². The highest BCUT2D eigenvalue weighted by Crippen LogP contribution is 2.31. The summed E-state index contributed by atoms with van der Waals surface area (Å²) < 4.78 is 34.2. The van der Waals surface area contributed by atoms with Crippen LogP contribution in [0.15, 0.2) is 70.3 Å². The van der Waals surface area contributed by atoms with Crippen LogP contribution in [0.1, 0.15) is 29.8 Å². The van der Waals surface area contributed by atoms with Crippen molar-refractivity contribution in [2.24, 2.45) is 5.92 Å². The minimum absolute atomic E-state index is 0.131. The fraction of sp³-hybridized carbons (Fsp3) is 0.370. The highest BCUT2D eigenvalue weighted by molar-refractivity contribution is 7.91. The molecule has 3 atom stereocenters. The Morgan fingerprint density at radius 1 is 1.08 bits per heavy atom. The van der Waals surface area contributed by atoms with Gasteiger partial charge >= 0.3 is 0 Å². The first-order valence-corrected chi connectivity index (χ1v) is 14.3. The van der Waals surface area contributed by atoms with Crippen LogP contribution in [0.5, 0.6) is 0 Å². The zero-order chi connectivity index (χ0) is 25.9. The molecule has 0 aliphatic carbocycles. The number of carbonyl (C=O) groups excluding carboxylic acids is 1. The topological polar surface area (TPSA) is 87.2 Å². The molecule has 2 heterocycles. The molecule has 0 radical (unpaired) electrons. The number of thiophene rings is 1. The summed E-state index contributed by atoms with van der Waals surface area (Å²) in [5.74, 6) is -0.379. The molecule has 4 rings (SSSR count). The Bertz CT molecular complexity index is 1290. The minimum atomic E-state index is -3.66. The molecule has 1 amide bonds. The average Bonchev–Trinajstić information content (AvgIpc) is 3.44. The molecule has 0 unspecified atom stereocenters. The van der Waals surface area contributed by atoms with Crippen LogP contribution in [-0.2, 0) is 21.4 Å². The zero-order valence-electron chi connectivity index (χ0n) is 20.7. The Labute approximate surface area is 217 Å². The van der Waals surface area contributed by atoms with E-state index >= 15 is 0 Å². The fourth-order valence-corrected chi connectivity index (χ4v) is 6.85. The highest BCUT2D eigenvalue weighted by atomic mass is 32.2. The van der Waals surface area contributed by atoms with Gasteiger partial charge in [-0.2, -0.15) is 4.31 Å². The van der Waals surface area contributed by atoms with Crippen molar-refractivity contribution in [1.82, 2.24) is 9.21 Å². The first-order valence-electron chi connectivity index (χ1n) is 11.9. The number of ether oxygens (including phenoxy) is 1. The normalized spacial score (nSPS) is 19.9. The number of amides is 1. The van der Waals surface area contributed by atoms with Crippen LogP contribution in [0, 0.1) is 5.92 Å². The summed E-state index contributed by atoms with van der Waals surface area (Å²) in [5, 5.41) is 11.7. The van der Waals surface area contributed by atoms with Crippen LogP contribution in [0.25, 0.3) is 11.1 Å². The van der Waals surface area contributed by atoms with E-state index in [1.165, 1.54) is 15.6 Å². The smallest absolute Gasteiger partial charge is 0.254 e. The van der Waals surface area contributed by atoms with Crippen LogP contribution in [0.3, 0.4) is 0 Å². The van der Waals surface area contributed by atoms with Gasteiger partial charge in [-0.25, -0.2) is 8.42 Å². The van der Waals surface area contributed by atoms with Gasteiger partial charge in [0.2, 0.25) is 0 Å². The molecule has 1 aliphatic heterocycles. The molecule has 0 saturated carbocycles. The molecule has 0 saturated heterocycles. The summed E-state index contributed by atoms with van der Waals surface area (Å²) in [6.07, 6.45) is -0.486. The summed E-state index contributed by atoms with van der Waals surface area (Å²) in [6, 6.07) is 18.2. The van der Waals surface area contributed by atoms with Crippen LogP contribution in [0.2, 0.25) is 0 Å². The van der Waals surface area contributed by atoms with E-state index in [9.17, 15) is 18.3 Å². The predicted octanol–water partition coefficient (Wildman–Crippen LogP) is 4.09. The van der Waals surface area contributed by atoms with Gasteiger partial charge in [0.05, 0.1) is 25.4 Å². The number of aliphatic hydroxyl groups is 1. The predicted molar refractivity (Wildman–Crippen MR) is 141 cm³/mol. The first kappa shape index (κ1) is 26.5. The van der Waals surface area contributed by atoms with E-state index in [1.54, 1.807) is 29.5 Å². The quantitative estimate of drug-likeness (QED) is 0.521. The van der Waals surface area contributed by atoms with Crippen LogP contribution in [-0.4, -0.2) is 67.5 Å². The lowest BCUT2D eigenvalue weighted by molar-refractivity contribution is -0.0146. The van der Waals surface area contributed by atoms with Crippen molar-refractivity contribution in [3.8, 4) is 11.1 Å². The maximum atomic E-state index is 13.8. The highest BCUT2D eigenvalue weighted by Gasteiger charge is 2.32. The molecule has 36 heavy (non-hydrogen) atoms. The second-order valence-corrected chi connectivity index (χ2v) is 12.5. The standard InChI is InChI=1S/C27H32N2O5S2/c1-19-15-29(20(2)17-30)27(31)24-12-7-6-11-23(24)22-10-5-4-9-21(22)18-34-25(19)16-28(3)36(32,33)26-13-8-14-35-26/h4-14,19-20,25,30H,15-18H2,1-3H3/t19-,20-,25+/m0/s1. The third-order valence-electron chi connectivity index (χ3n) is 6.69. The lowest BCUT2D eigenvalue weighted by Crippen LogP contribution is -2.47. The van der Waals surface area contributed by atoms with Gasteiger partial charge in [-0.05, 0) is 41.1 Å². The van der Waals surface area contributed by atoms with Crippen molar-refractivity contribution >= 4 is 27.3 Å². The first-order chi connectivity index (χ1) is 17.2. The Morgan fingerprint density at radius 2 is 1.75 bits per heavy atom. The molecule has 2 aromatic carbocycles. The van der Waals surface area contributed by atoms with Crippen molar-refractivity contribution in [2.75, 3.05) is 26.7 Å². The molecule has 0 fully saturated rings. The van der Waals surface area contributed by atoms with Crippen LogP contribution in [0.4, 0.5) is 0 Å². The van der Waals surface area contributed by atoms with Crippen LogP contribution < -0.4 is 0 Å². The summed E-state index contributed by atoms with van der Waals surface area (Å²) >= 11 is 1.18. The van der Waals surface area contributed by atoms with E-state index in [1.807, 2.05) is 62.4 Å². The average molecular weight is 529 g/mol. The molecule has 3 aromatic rings. The van der Waals surface area contributed by atoms with Gasteiger partial charge < -0.3 is 14.7 Å². The van der Waals surface area contributed by atoms with E-state index in [2.05, 4.69) is 0 Å². The number of carbonyl (C=O) groups is 1. The van der Waals surface area contributed by atoms with Gasteiger partial charge in [-0.1, -0.05) is 55.5 Å². The Morgan fingerprint density at radius 3 is 2.42 bits per heavy atom. The number of rotatable bonds is 6. The van der Waals surface area contributed by atoms with E-state index in [-0.39, 0.29) is 35.8 Å². The maximum absolute atomic E-state index is 13.8. The van der Waals surface area contributed by atoms with Gasteiger partial charge in [-0.3, -0.25) is 4.79 Å². The summed E-state index contributed by atoms with van der Waals surface area (Å²) in [6.45, 7) is 4.29. The molecule has 9 heteroatoms. The van der Waals surface area contributed by atoms with E-state index in [0.29, 0.717) is 12.1 Å². The molecule has 0 bridgehead atoms. The Hall–Kier alpha value is -2.56. The second-order valence-electron chi connectivity index (χ2n) is 9.24. The van der Waals surface area contributed by atoms with Crippen molar-refractivity contribution in [2.45, 2.75) is 36.8 Å². The molecule has 7 nitrogen and oxygen atoms in total. The van der Waals surface area contributed by atoms with Crippen molar-refractivity contribution in [1.29, 1.82) is 0 Å². The number of hydrogen-bond acceptors (Lipinski definition) is 6. The number of aliphatic hydroxyl groups excluding tert-OH is 1. The molecule has 1 N–H and O–H groups in total. The number of nitrogens with zero attached hydrogens (tertiary/aromatic N) is 2. The number of sulfonamides is 1. The van der Waals surface area contributed by atoms with Crippen LogP contribution >= 0.6 is 11.3 Å². The van der Waals surface area contributed by atoms with Gasteiger partial charge in [0.15, 0.2) is 0 Å². The summed E-state index contributed by atoms with van der Waals surface area (Å²) in [7, 11) is -2.11. The SMILES string of the molecule is C[C@H]1CN([C@@H](C)CO)C(=O)c2ccccc2-c2ccccc2CO[C@@H]1CN(C)S(=O)(=O)c1cccs1. The van der Waals surface area contributed by atoms with E-state index in [0.717, 1.165) is 16.7 Å². The van der Waals surface area contributed by atoms with Crippen molar-refractivity contribution < 1.29 is 23.1 Å². The molecule has 0 spiro atoms. The van der Waals surface area contributed by atoms with E-state index in [4.69, 9.17) is 4.74 Å². The largest absolute Gasteiger partial charge is 0.394 e. The number of fused-ring (bicyclic) bond motifs is 3. The lowest BCUT2D eigenvalue weighted by Gasteiger charge is -2.34. The third kappa shape index (κ3) is 5.40. The zero-order valence-corrected chi connectivity index (χ0v) is 22.3. The maximum Gasteiger partial charge on any atom is 0.254 e. The van der Waals surface area contributed by atoms with Crippen molar-refractivity contribution in [3.05, 3.63) is 77.2 Å². The second kappa shape index (κ2) is 11.2. The minimum Gasteiger partial charge on any atom is -0.394 e. The molecule has 192 valence electrons. The molecule has 1 aliphatic rings. The van der Waals surface area contributed by atoms with Gasteiger partial charge in [0.25, 0.3) is 15.9 Å². The molecule has 1 aromatic heterocycles. The van der Waals surface area contributed by atoms with Crippen molar-refractivity contribution in [3.63, 3.8) is 0 Å². The summed E-state index contributed by atoms with van der Waals surface area (Å²) in [5.41, 5.74) is 3.18. The number of likely N-dealkylation sites (N-methyl/N-ethyl adjacent to an activating group) is 1. The Kier molecular flexibility index (Phi) is 8.27. The van der Waals surface area contributed by atoms with Gasteiger partial charge in [0.1, 0.15) is 4.21 Å². The van der Waals surface area contributed by atoms with Gasteiger partial charge in [0, 0.05) is 31.6 Å². The third-order valence-corrected chi connectivity index (χ3v) is 9.89. The molecular weight excluding hydrogens is 496 g/mol. The number of hydrogen-bond donors (Lipinski definition) is 1. The lowest BCUT2D eigenvalue weighted by atomic mass is 9.94. The monoisotopic (exact) mass is 528 g/mol. The fourth-order valence-electron chi connectivity index (χ4n) is 4.47. The van der Waals surface area contributed by atoms with E-state index < -0.39 is 22.2 Å². The number of benzene rings is 2. The Balaban J connectivity index is 1.74. The molecular formula is C27H32N2O5S2.